The number of nitrogens with one attached hydrogen (secondary N) is 1. The predicted octanol–water partition coefficient (Wildman–Crippen LogP) is 5.64. The first-order valence-electron chi connectivity index (χ1n) is 8.15. The van der Waals surface area contributed by atoms with Crippen LogP contribution in [-0.2, 0) is 6.42 Å². The lowest BCUT2D eigenvalue weighted by molar-refractivity contribution is 0.804. The van der Waals surface area contributed by atoms with Crippen LogP contribution in [0.15, 0.2) is 47.3 Å². The van der Waals surface area contributed by atoms with Crippen LogP contribution in [0, 0.1) is 11.3 Å². The second-order valence-electron chi connectivity index (χ2n) is 5.79. The lowest BCUT2D eigenvalue weighted by atomic mass is 10.0. The number of aromatic amines is 1. The van der Waals surface area contributed by atoms with Gasteiger partial charge >= 0.3 is 0 Å². The number of rotatable bonds is 5. The van der Waals surface area contributed by atoms with Crippen LogP contribution < -0.4 is 5.56 Å². The molecule has 0 aliphatic carbocycles. The Morgan fingerprint density at radius 3 is 2.64 bits per heavy atom. The van der Waals surface area contributed by atoms with E-state index in [4.69, 9.17) is 11.6 Å². The number of pyridine rings is 1. The smallest absolute Gasteiger partial charge is 0.267 e. The molecular weight excluding hydrogens is 352 g/mol. The zero-order valence-electron chi connectivity index (χ0n) is 13.8. The van der Waals surface area contributed by atoms with Gasteiger partial charge in [0, 0.05) is 26.0 Å². The average molecular weight is 369 g/mol. The van der Waals surface area contributed by atoms with Crippen LogP contribution in [-0.4, -0.2) is 4.98 Å². The number of aromatic nitrogens is 1. The van der Waals surface area contributed by atoms with Gasteiger partial charge in [0.25, 0.3) is 5.56 Å². The minimum Gasteiger partial charge on any atom is -0.321 e. The topological polar surface area (TPSA) is 56.6 Å². The average Bonchev–Trinajstić information content (AvgIpc) is 3.08. The molecule has 2 heterocycles. The highest BCUT2D eigenvalue weighted by molar-refractivity contribution is 7.15. The van der Waals surface area contributed by atoms with Crippen molar-refractivity contribution in [2.45, 2.75) is 26.2 Å². The predicted molar refractivity (Wildman–Crippen MR) is 104 cm³/mol. The maximum absolute atomic E-state index is 12.4. The van der Waals surface area contributed by atoms with E-state index in [-0.39, 0.29) is 11.1 Å². The maximum atomic E-state index is 12.4. The minimum absolute atomic E-state index is 0.154. The molecule has 0 bridgehead atoms. The van der Waals surface area contributed by atoms with Gasteiger partial charge in [-0.05, 0) is 48.7 Å². The Hall–Kier alpha value is -2.35. The molecule has 0 aliphatic heterocycles. The number of H-pyrrole nitrogens is 1. The Labute approximate surface area is 155 Å². The lowest BCUT2D eigenvalue weighted by Gasteiger charge is -2.06. The molecule has 0 radical (unpaired) electrons. The van der Waals surface area contributed by atoms with Crippen LogP contribution >= 0.6 is 22.9 Å². The van der Waals surface area contributed by atoms with E-state index in [9.17, 15) is 10.1 Å². The van der Waals surface area contributed by atoms with E-state index >= 15 is 0 Å². The van der Waals surface area contributed by atoms with Gasteiger partial charge in [-0.2, -0.15) is 5.26 Å². The SMILES string of the molecule is CCCCc1ccc(-c2cc(-c3ccc(Cl)cc3)[nH]c(=O)c2C#N)s1. The van der Waals surface area contributed by atoms with Gasteiger partial charge in [0.15, 0.2) is 0 Å². The molecule has 0 unspecified atom stereocenters. The molecule has 0 amide bonds. The van der Waals surface area contributed by atoms with Gasteiger partial charge in [-0.25, -0.2) is 0 Å². The van der Waals surface area contributed by atoms with Gasteiger partial charge in [0.05, 0.1) is 0 Å². The third-order valence-corrected chi connectivity index (χ3v) is 5.43. The fourth-order valence-electron chi connectivity index (χ4n) is 2.66. The Morgan fingerprint density at radius 2 is 1.96 bits per heavy atom. The largest absolute Gasteiger partial charge is 0.321 e. The number of benzene rings is 1. The van der Waals surface area contributed by atoms with Gasteiger partial charge in [0.1, 0.15) is 11.6 Å². The first-order valence-corrected chi connectivity index (χ1v) is 9.34. The van der Waals surface area contributed by atoms with Crippen molar-refractivity contribution in [3.63, 3.8) is 0 Å². The molecule has 0 saturated heterocycles. The second kappa shape index (κ2) is 7.69. The number of thiophene rings is 1. The summed E-state index contributed by atoms with van der Waals surface area (Å²) in [6.45, 7) is 2.16. The van der Waals surface area contributed by atoms with Crippen molar-refractivity contribution in [1.82, 2.24) is 4.98 Å². The Kier molecular flexibility index (Phi) is 5.37. The van der Waals surface area contributed by atoms with E-state index in [1.54, 1.807) is 23.5 Å². The van der Waals surface area contributed by atoms with E-state index in [0.29, 0.717) is 16.3 Å². The molecule has 0 saturated carbocycles. The molecule has 5 heteroatoms. The van der Waals surface area contributed by atoms with Gasteiger partial charge in [-0.15, -0.1) is 11.3 Å². The Balaban J connectivity index is 2.08. The summed E-state index contributed by atoms with van der Waals surface area (Å²) < 4.78 is 0. The fourth-order valence-corrected chi connectivity index (χ4v) is 3.86. The molecule has 3 rings (SSSR count). The number of unbranched alkanes of at least 4 members (excludes halogenated alkanes) is 1. The van der Waals surface area contributed by atoms with Crippen LogP contribution in [0.5, 0.6) is 0 Å². The van der Waals surface area contributed by atoms with Crippen LogP contribution in [0.3, 0.4) is 0 Å². The van der Waals surface area contributed by atoms with Crippen molar-refractivity contribution in [1.29, 1.82) is 5.26 Å². The first kappa shape index (κ1) is 17.5. The molecule has 3 aromatic rings. The number of nitriles is 1. The van der Waals surface area contributed by atoms with Gasteiger partial charge < -0.3 is 4.98 Å². The Morgan fingerprint density at radius 1 is 1.20 bits per heavy atom. The number of nitrogens with zero attached hydrogens (tertiary/aromatic N) is 1. The number of hydrogen-bond acceptors (Lipinski definition) is 3. The van der Waals surface area contributed by atoms with E-state index in [2.05, 4.69) is 18.0 Å². The molecule has 3 nitrogen and oxygen atoms in total. The normalized spacial score (nSPS) is 10.6. The molecule has 0 atom stereocenters. The summed E-state index contributed by atoms with van der Waals surface area (Å²) in [4.78, 5) is 17.4. The molecule has 1 N–H and O–H groups in total. The number of aryl methyl sites for hydroxylation is 1. The number of hydrogen-bond donors (Lipinski definition) is 1. The van der Waals surface area contributed by atoms with Gasteiger partial charge in [-0.1, -0.05) is 37.1 Å². The standard InChI is InChI=1S/C20H17ClN2OS/c1-2-3-4-15-9-10-19(25-15)16-11-18(23-20(24)17(16)12-22)13-5-7-14(21)8-6-13/h5-11H,2-4H2,1H3,(H,23,24). The third-order valence-electron chi connectivity index (χ3n) is 4.00. The second-order valence-corrected chi connectivity index (χ2v) is 7.39. The summed E-state index contributed by atoms with van der Waals surface area (Å²) in [7, 11) is 0. The maximum Gasteiger partial charge on any atom is 0.267 e. The van der Waals surface area contributed by atoms with Crippen molar-refractivity contribution in [3.05, 3.63) is 68.3 Å². The van der Waals surface area contributed by atoms with E-state index in [1.807, 2.05) is 30.3 Å². The summed E-state index contributed by atoms with van der Waals surface area (Å²) in [5.74, 6) is 0. The quantitative estimate of drug-likeness (QED) is 0.633. The molecule has 126 valence electrons. The summed E-state index contributed by atoms with van der Waals surface area (Å²) in [6.07, 6.45) is 3.30. The van der Waals surface area contributed by atoms with Crippen LogP contribution in [0.2, 0.25) is 5.02 Å². The molecule has 25 heavy (non-hydrogen) atoms. The van der Waals surface area contributed by atoms with Gasteiger partial charge in [0.2, 0.25) is 0 Å². The molecule has 0 aliphatic rings. The fraction of sp³-hybridized carbons (Fsp3) is 0.200. The van der Waals surface area contributed by atoms with Crippen molar-refractivity contribution in [3.8, 4) is 27.8 Å². The van der Waals surface area contributed by atoms with Crippen LogP contribution in [0.25, 0.3) is 21.7 Å². The highest BCUT2D eigenvalue weighted by Crippen LogP contribution is 2.32. The molecule has 2 aromatic heterocycles. The van der Waals surface area contributed by atoms with Crippen LogP contribution in [0.1, 0.15) is 30.2 Å². The van der Waals surface area contributed by atoms with Gasteiger partial charge in [-0.3, -0.25) is 4.79 Å². The highest BCUT2D eigenvalue weighted by Gasteiger charge is 2.14. The van der Waals surface area contributed by atoms with Crippen molar-refractivity contribution < 1.29 is 0 Å². The van der Waals surface area contributed by atoms with E-state index in [0.717, 1.165) is 29.7 Å². The summed E-state index contributed by atoms with van der Waals surface area (Å²) in [6, 6.07) is 15.3. The number of halogens is 1. The van der Waals surface area contributed by atoms with Crippen molar-refractivity contribution >= 4 is 22.9 Å². The molecule has 0 spiro atoms. The third kappa shape index (κ3) is 3.84. The van der Waals surface area contributed by atoms with E-state index in [1.165, 1.54) is 4.88 Å². The Bertz CT molecular complexity index is 980. The van der Waals surface area contributed by atoms with Crippen molar-refractivity contribution in [2.75, 3.05) is 0 Å². The lowest BCUT2D eigenvalue weighted by Crippen LogP contribution is -2.12. The highest BCUT2D eigenvalue weighted by atomic mass is 35.5. The first-order chi connectivity index (χ1) is 12.1. The van der Waals surface area contributed by atoms with Crippen molar-refractivity contribution in [2.24, 2.45) is 0 Å². The van der Waals surface area contributed by atoms with Crippen LogP contribution in [0.4, 0.5) is 0 Å². The summed E-state index contributed by atoms with van der Waals surface area (Å²) >= 11 is 7.58. The monoisotopic (exact) mass is 368 g/mol. The molecular formula is C20H17ClN2OS. The zero-order chi connectivity index (χ0) is 17.8. The summed E-state index contributed by atoms with van der Waals surface area (Å²) in [5.41, 5.74) is 2.01. The zero-order valence-corrected chi connectivity index (χ0v) is 15.4. The molecule has 0 fully saturated rings. The minimum atomic E-state index is -0.367. The molecule has 1 aromatic carbocycles. The van der Waals surface area contributed by atoms with E-state index < -0.39 is 0 Å². The summed E-state index contributed by atoms with van der Waals surface area (Å²) in [5, 5.41) is 10.1.